The summed E-state index contributed by atoms with van der Waals surface area (Å²) >= 11 is 11.7. The smallest absolute Gasteiger partial charge is 0.270 e. The number of amides is 1. The van der Waals surface area contributed by atoms with Crippen LogP contribution in [0.2, 0.25) is 10.0 Å². The number of nitrogens with zero attached hydrogens (tertiary/aromatic N) is 1. The zero-order valence-electron chi connectivity index (χ0n) is 18.4. The van der Waals surface area contributed by atoms with Crippen LogP contribution in [0.4, 0.5) is 4.39 Å². The van der Waals surface area contributed by atoms with Gasteiger partial charge in [0, 0.05) is 29.1 Å². The Labute approximate surface area is 207 Å². The number of hydrogen-bond donors (Lipinski definition) is 3. The number of rotatable bonds is 9. The Morgan fingerprint density at radius 2 is 2.03 bits per heavy atom. The molecule has 0 radical (unpaired) electrons. The number of aromatic nitrogens is 1. The lowest BCUT2D eigenvalue weighted by molar-refractivity contribution is 0.0932. The summed E-state index contributed by atoms with van der Waals surface area (Å²) in [6.45, 7) is 1.13. The van der Waals surface area contributed by atoms with Crippen molar-refractivity contribution in [2.45, 2.75) is 31.4 Å². The molecule has 3 aromatic rings. The normalized spacial score (nSPS) is 18.7. The van der Waals surface area contributed by atoms with Crippen LogP contribution in [0.3, 0.4) is 0 Å². The van der Waals surface area contributed by atoms with Crippen molar-refractivity contribution < 1.29 is 19.0 Å². The Balaban J connectivity index is 1.17. The molecule has 0 spiro atoms. The summed E-state index contributed by atoms with van der Waals surface area (Å²) in [7, 11) is 0. The van der Waals surface area contributed by atoms with Gasteiger partial charge in [0.25, 0.3) is 5.91 Å². The molecule has 2 aromatic carbocycles. The molecule has 34 heavy (non-hydrogen) atoms. The summed E-state index contributed by atoms with van der Waals surface area (Å²) in [5.74, 6) is -0.0202. The van der Waals surface area contributed by atoms with Gasteiger partial charge in [0.15, 0.2) is 0 Å². The van der Waals surface area contributed by atoms with E-state index in [-0.39, 0.29) is 23.6 Å². The van der Waals surface area contributed by atoms with E-state index in [2.05, 4.69) is 15.6 Å². The van der Waals surface area contributed by atoms with Gasteiger partial charge >= 0.3 is 0 Å². The zero-order valence-corrected chi connectivity index (χ0v) is 20.0. The van der Waals surface area contributed by atoms with Crippen molar-refractivity contribution in [2.75, 3.05) is 19.7 Å². The van der Waals surface area contributed by atoms with Crippen molar-refractivity contribution in [1.82, 2.24) is 15.6 Å². The summed E-state index contributed by atoms with van der Waals surface area (Å²) in [4.78, 5) is 17.1. The highest BCUT2D eigenvalue weighted by Gasteiger charge is 2.26. The number of halogens is 3. The fraction of sp³-hybridized carbons (Fsp3) is 0.360. The molecule has 180 valence electrons. The highest BCUT2D eigenvalue weighted by molar-refractivity contribution is 6.31. The van der Waals surface area contributed by atoms with Crippen molar-refractivity contribution in [2.24, 2.45) is 5.92 Å². The van der Waals surface area contributed by atoms with Crippen LogP contribution in [0.15, 0.2) is 48.5 Å². The Morgan fingerprint density at radius 3 is 2.85 bits per heavy atom. The number of nitrogens with one attached hydrogen (secondary N) is 2. The molecule has 1 aliphatic carbocycles. The van der Waals surface area contributed by atoms with E-state index in [1.807, 2.05) is 12.1 Å². The second kappa shape index (κ2) is 11.3. The molecule has 1 aromatic heterocycles. The van der Waals surface area contributed by atoms with E-state index in [0.29, 0.717) is 28.9 Å². The van der Waals surface area contributed by atoms with Gasteiger partial charge in [-0.15, -0.1) is 0 Å². The number of benzene rings is 2. The van der Waals surface area contributed by atoms with Gasteiger partial charge in [0.1, 0.15) is 30.0 Å². The highest BCUT2D eigenvalue weighted by atomic mass is 35.5. The molecule has 3 atom stereocenters. The fourth-order valence-corrected chi connectivity index (χ4v) is 4.44. The third-order valence-electron chi connectivity index (χ3n) is 5.91. The van der Waals surface area contributed by atoms with E-state index >= 15 is 0 Å². The second-order valence-electron chi connectivity index (χ2n) is 8.58. The zero-order chi connectivity index (χ0) is 24.1. The minimum absolute atomic E-state index is 0.0273. The second-order valence-corrected chi connectivity index (χ2v) is 9.43. The number of pyridine rings is 1. The molecular formula is C25H26Cl2FN3O3. The maximum Gasteiger partial charge on any atom is 0.270 e. The minimum atomic E-state index is -0.732. The number of ether oxygens (including phenoxy) is 1. The van der Waals surface area contributed by atoms with Crippen molar-refractivity contribution in [3.05, 3.63) is 70.1 Å². The van der Waals surface area contributed by atoms with Crippen LogP contribution in [0.5, 0.6) is 5.75 Å². The quantitative estimate of drug-likeness (QED) is 0.395. The lowest BCUT2D eigenvalue weighted by atomic mass is 10.1. The molecule has 0 bridgehead atoms. The third-order valence-corrected chi connectivity index (χ3v) is 6.45. The van der Waals surface area contributed by atoms with E-state index in [9.17, 15) is 14.3 Å². The maximum atomic E-state index is 13.4. The van der Waals surface area contributed by atoms with Crippen LogP contribution < -0.4 is 15.4 Å². The van der Waals surface area contributed by atoms with Crippen LogP contribution >= 0.6 is 23.2 Å². The number of hydrogen-bond acceptors (Lipinski definition) is 5. The van der Waals surface area contributed by atoms with E-state index in [0.717, 1.165) is 36.7 Å². The summed E-state index contributed by atoms with van der Waals surface area (Å²) in [5.41, 5.74) is 1.12. The van der Waals surface area contributed by atoms with Gasteiger partial charge < -0.3 is 20.5 Å². The molecule has 1 aliphatic rings. The molecule has 1 saturated carbocycles. The van der Waals surface area contributed by atoms with Crippen LogP contribution in [-0.4, -0.2) is 47.8 Å². The largest absolute Gasteiger partial charge is 0.491 e. The predicted molar refractivity (Wildman–Crippen MR) is 131 cm³/mol. The lowest BCUT2D eigenvalue weighted by Gasteiger charge is -2.16. The third kappa shape index (κ3) is 6.57. The van der Waals surface area contributed by atoms with Crippen LogP contribution in [0.25, 0.3) is 10.9 Å². The fourth-order valence-electron chi connectivity index (χ4n) is 4.15. The minimum Gasteiger partial charge on any atom is -0.491 e. The van der Waals surface area contributed by atoms with E-state index in [1.54, 1.807) is 24.3 Å². The summed E-state index contributed by atoms with van der Waals surface area (Å²) < 4.78 is 18.9. The van der Waals surface area contributed by atoms with Gasteiger partial charge in [-0.05, 0) is 68.1 Å². The monoisotopic (exact) mass is 505 g/mol. The van der Waals surface area contributed by atoms with Crippen molar-refractivity contribution >= 4 is 40.0 Å². The number of carbonyl (C=O) groups excluding carboxylic acids is 1. The van der Waals surface area contributed by atoms with Crippen LogP contribution in [0, 0.1) is 11.7 Å². The molecule has 1 heterocycles. The summed E-state index contributed by atoms with van der Waals surface area (Å²) in [6, 6.07) is 13.2. The molecule has 9 heteroatoms. The number of aliphatic hydroxyl groups is 1. The molecule has 6 nitrogen and oxygen atoms in total. The summed E-state index contributed by atoms with van der Waals surface area (Å²) in [6.07, 6.45) is 2.01. The molecular weight excluding hydrogens is 480 g/mol. The van der Waals surface area contributed by atoms with Crippen LogP contribution in [0.1, 0.15) is 29.8 Å². The van der Waals surface area contributed by atoms with Gasteiger partial charge in [-0.2, -0.15) is 0 Å². The van der Waals surface area contributed by atoms with Gasteiger partial charge in [-0.25, -0.2) is 9.37 Å². The lowest BCUT2D eigenvalue weighted by Crippen LogP contribution is -2.35. The first-order valence-corrected chi connectivity index (χ1v) is 12.0. The first kappa shape index (κ1) is 24.7. The Morgan fingerprint density at radius 1 is 1.18 bits per heavy atom. The molecule has 3 N–H and O–H groups in total. The van der Waals surface area contributed by atoms with E-state index in [1.165, 1.54) is 12.1 Å². The van der Waals surface area contributed by atoms with Gasteiger partial charge in [0.05, 0.1) is 10.5 Å². The Hall–Kier alpha value is -2.45. The topological polar surface area (TPSA) is 83.5 Å². The Kier molecular flexibility index (Phi) is 8.21. The van der Waals surface area contributed by atoms with Crippen molar-refractivity contribution in [3.8, 4) is 5.75 Å². The Bertz CT molecular complexity index is 1160. The number of carbonyl (C=O) groups is 1. The molecule has 1 amide bonds. The number of fused-ring (bicyclic) bond motifs is 1. The van der Waals surface area contributed by atoms with E-state index in [4.69, 9.17) is 27.9 Å². The maximum absolute atomic E-state index is 13.4. The molecule has 4 rings (SSSR count). The molecule has 0 saturated heterocycles. The summed E-state index contributed by atoms with van der Waals surface area (Å²) in [5, 5.41) is 18.0. The SMILES string of the molecule is O=C(NC1CCC(CNCC(O)COc2ccc(Cl)c(F)c2)C1)c1ccc2cc(Cl)ccc2n1. The van der Waals surface area contributed by atoms with Crippen molar-refractivity contribution in [3.63, 3.8) is 0 Å². The molecule has 1 fully saturated rings. The van der Waals surface area contributed by atoms with E-state index < -0.39 is 11.9 Å². The van der Waals surface area contributed by atoms with Crippen LogP contribution in [-0.2, 0) is 0 Å². The number of aliphatic hydroxyl groups excluding tert-OH is 1. The predicted octanol–water partition coefficient (Wildman–Crippen LogP) is 4.61. The van der Waals surface area contributed by atoms with Gasteiger partial charge in [0.2, 0.25) is 0 Å². The molecule has 0 aliphatic heterocycles. The van der Waals surface area contributed by atoms with Gasteiger partial charge in [-0.1, -0.05) is 29.3 Å². The first-order valence-electron chi connectivity index (χ1n) is 11.2. The average molecular weight is 506 g/mol. The van der Waals surface area contributed by atoms with Gasteiger partial charge in [-0.3, -0.25) is 4.79 Å². The molecule has 3 unspecified atom stereocenters. The first-order chi connectivity index (χ1) is 16.4. The highest BCUT2D eigenvalue weighted by Crippen LogP contribution is 2.25. The standard InChI is InChI=1S/C25H26Cl2FN3O3/c26-17-3-8-23-16(10-17)2-7-24(31-23)25(33)30-18-4-1-15(9-18)12-29-13-19(32)14-34-20-5-6-21(27)22(28)11-20/h2-3,5-8,10-11,15,18-19,29,32H,1,4,9,12-14H2,(H,30,33). The average Bonchev–Trinajstić information content (AvgIpc) is 3.26. The van der Waals surface area contributed by atoms with Crippen molar-refractivity contribution in [1.29, 1.82) is 0 Å².